The Morgan fingerprint density at radius 3 is 2.97 bits per heavy atom. The quantitative estimate of drug-likeness (QED) is 0.705. The molecule has 31 heavy (non-hydrogen) atoms. The molecule has 1 aromatic heterocycles. The van der Waals surface area contributed by atoms with Gasteiger partial charge in [-0.3, -0.25) is 4.99 Å². The average molecular weight is 463 g/mol. The summed E-state index contributed by atoms with van der Waals surface area (Å²) in [6.45, 7) is 0.518. The van der Waals surface area contributed by atoms with E-state index >= 15 is 0 Å². The van der Waals surface area contributed by atoms with Gasteiger partial charge in [-0.25, -0.2) is 19.0 Å². The summed E-state index contributed by atoms with van der Waals surface area (Å²) < 4.78 is 23.9. The van der Waals surface area contributed by atoms with Crippen LogP contribution in [-0.2, 0) is 14.3 Å². The van der Waals surface area contributed by atoms with Gasteiger partial charge in [-0.05, 0) is 12.1 Å². The van der Waals surface area contributed by atoms with Crippen molar-refractivity contribution in [1.29, 1.82) is 0 Å². The van der Waals surface area contributed by atoms with Crippen molar-refractivity contribution in [2.45, 2.75) is 18.0 Å². The number of aromatic nitrogens is 1. The van der Waals surface area contributed by atoms with Crippen molar-refractivity contribution in [2.24, 2.45) is 4.99 Å². The smallest absolute Gasteiger partial charge is 0.407 e. The summed E-state index contributed by atoms with van der Waals surface area (Å²) in [5, 5.41) is 5.48. The van der Waals surface area contributed by atoms with Crippen molar-refractivity contribution in [3.63, 3.8) is 0 Å². The molecule has 2 aromatic rings. The number of carbonyl (C=O) groups is 2. The van der Waals surface area contributed by atoms with Crippen LogP contribution in [0.2, 0.25) is 5.02 Å². The zero-order valence-electron chi connectivity index (χ0n) is 16.2. The highest BCUT2D eigenvalue weighted by Gasteiger charge is 2.52. The molecule has 0 bridgehead atoms. The van der Waals surface area contributed by atoms with E-state index in [0.717, 1.165) is 0 Å². The minimum Gasteiger partial charge on any atom is -0.466 e. The summed E-state index contributed by atoms with van der Waals surface area (Å²) in [5.41, 5.74) is 0.695. The third kappa shape index (κ3) is 3.26. The first-order valence-electron chi connectivity index (χ1n) is 9.37. The summed E-state index contributed by atoms with van der Waals surface area (Å²) in [5.74, 6) is -0.524. The molecule has 11 heteroatoms. The number of rotatable bonds is 3. The Hall–Kier alpha value is -2.98. The van der Waals surface area contributed by atoms with Crippen molar-refractivity contribution in [3.05, 3.63) is 62.5 Å². The molecule has 2 fully saturated rings. The number of benzene rings is 1. The SMILES string of the molecule is COC(=O)C1=C2CC3(COC(=O)N3)CN2C(c2nccs2)=N[C@H]1c1ccc(F)cc1Cl. The Labute approximate surface area is 185 Å². The number of methoxy groups -OCH3 is 1. The summed E-state index contributed by atoms with van der Waals surface area (Å²) in [4.78, 5) is 35.8. The number of ether oxygens (including phenoxy) is 2. The van der Waals surface area contributed by atoms with Gasteiger partial charge in [-0.15, -0.1) is 11.3 Å². The van der Waals surface area contributed by atoms with Crippen LogP contribution in [-0.4, -0.2) is 53.6 Å². The van der Waals surface area contributed by atoms with E-state index in [0.29, 0.717) is 35.1 Å². The minimum absolute atomic E-state index is 0.146. The molecule has 160 valence electrons. The number of nitrogens with one attached hydrogen (secondary N) is 1. The Morgan fingerprint density at radius 1 is 1.48 bits per heavy atom. The predicted molar refractivity (Wildman–Crippen MR) is 110 cm³/mol. The topological polar surface area (TPSA) is 93.1 Å². The van der Waals surface area contributed by atoms with Crippen LogP contribution >= 0.6 is 22.9 Å². The summed E-state index contributed by atoms with van der Waals surface area (Å²) in [6.07, 6.45) is 1.49. The van der Waals surface area contributed by atoms with E-state index in [2.05, 4.69) is 10.3 Å². The molecule has 2 saturated heterocycles. The number of carbonyl (C=O) groups excluding carboxylic acids is 2. The lowest BCUT2D eigenvalue weighted by Gasteiger charge is -2.31. The molecule has 2 atom stereocenters. The predicted octanol–water partition coefficient (Wildman–Crippen LogP) is 3.05. The van der Waals surface area contributed by atoms with Crippen LogP contribution in [0.5, 0.6) is 0 Å². The molecule has 3 aliphatic heterocycles. The number of fused-ring (bicyclic) bond motifs is 1. The number of alkyl carbamates (subject to hydrolysis) is 1. The third-order valence-corrected chi connectivity index (χ3v) is 6.61. The number of aliphatic imine (C=N–C) groups is 1. The molecule has 1 amide bonds. The van der Waals surface area contributed by atoms with Gasteiger partial charge in [0, 0.05) is 34.3 Å². The van der Waals surface area contributed by atoms with Crippen molar-refractivity contribution in [2.75, 3.05) is 20.3 Å². The highest BCUT2D eigenvalue weighted by molar-refractivity contribution is 7.11. The van der Waals surface area contributed by atoms with Crippen LogP contribution in [0.3, 0.4) is 0 Å². The lowest BCUT2D eigenvalue weighted by Crippen LogP contribution is -2.47. The van der Waals surface area contributed by atoms with Crippen molar-refractivity contribution in [3.8, 4) is 0 Å². The number of nitrogens with zero attached hydrogens (tertiary/aromatic N) is 3. The van der Waals surface area contributed by atoms with E-state index in [1.807, 2.05) is 10.3 Å². The number of cyclic esters (lactones) is 1. The number of esters is 1. The molecule has 1 N–H and O–H groups in total. The number of amidine groups is 1. The number of thiazole rings is 1. The van der Waals surface area contributed by atoms with Gasteiger partial charge in [0.1, 0.15) is 24.0 Å². The van der Waals surface area contributed by atoms with E-state index in [-0.39, 0.29) is 17.2 Å². The van der Waals surface area contributed by atoms with Gasteiger partial charge in [-0.1, -0.05) is 17.7 Å². The highest BCUT2D eigenvalue weighted by atomic mass is 35.5. The van der Waals surface area contributed by atoms with Crippen molar-refractivity contribution >= 4 is 40.8 Å². The largest absolute Gasteiger partial charge is 0.466 e. The molecular formula is C20H16ClFN4O4S. The average Bonchev–Trinajstić information content (AvgIpc) is 3.47. The zero-order chi connectivity index (χ0) is 21.8. The fraction of sp³-hybridized carbons (Fsp3) is 0.300. The molecule has 3 aliphatic rings. The normalized spacial score (nSPS) is 24.7. The number of amides is 1. The zero-order valence-corrected chi connectivity index (χ0v) is 17.8. The summed E-state index contributed by atoms with van der Waals surface area (Å²) >= 11 is 7.74. The molecule has 0 saturated carbocycles. The summed E-state index contributed by atoms with van der Waals surface area (Å²) in [6, 6.07) is 3.14. The van der Waals surface area contributed by atoms with E-state index in [1.165, 1.54) is 36.6 Å². The first-order valence-corrected chi connectivity index (χ1v) is 10.6. The third-order valence-electron chi connectivity index (χ3n) is 5.52. The first-order chi connectivity index (χ1) is 14.9. The standard InChI is InChI=1S/C20H16ClFN4O4S/c1-29-18(27)14-13-7-20(9-30-19(28)25-20)8-26(13)16(17-23-4-5-31-17)24-15(14)11-3-2-10(22)6-12(11)21/h2-6,15H,7-9H2,1H3,(H,25,28)/t15-,20?/m0/s1. The summed E-state index contributed by atoms with van der Waals surface area (Å²) in [7, 11) is 1.29. The molecule has 1 unspecified atom stereocenters. The van der Waals surface area contributed by atoms with Gasteiger partial charge in [0.15, 0.2) is 10.8 Å². The Bertz CT molecular complexity index is 1150. The van der Waals surface area contributed by atoms with Crippen molar-refractivity contribution < 1.29 is 23.5 Å². The van der Waals surface area contributed by atoms with Gasteiger partial charge < -0.3 is 19.7 Å². The molecule has 0 aliphatic carbocycles. The molecule has 8 nitrogen and oxygen atoms in total. The molecule has 0 radical (unpaired) electrons. The minimum atomic E-state index is -0.820. The second-order valence-electron chi connectivity index (χ2n) is 7.45. The molecular weight excluding hydrogens is 447 g/mol. The van der Waals surface area contributed by atoms with E-state index < -0.39 is 29.5 Å². The lowest BCUT2D eigenvalue weighted by molar-refractivity contribution is -0.136. The molecule has 1 spiro atoms. The fourth-order valence-electron chi connectivity index (χ4n) is 4.19. The van der Waals surface area contributed by atoms with Gasteiger partial charge in [-0.2, -0.15) is 0 Å². The molecule has 5 rings (SSSR count). The van der Waals surface area contributed by atoms with Crippen LogP contribution in [0.15, 0.2) is 46.0 Å². The highest BCUT2D eigenvalue weighted by Crippen LogP contribution is 2.45. The maximum absolute atomic E-state index is 13.7. The molecule has 4 heterocycles. The van der Waals surface area contributed by atoms with Gasteiger partial charge in [0.25, 0.3) is 0 Å². The van der Waals surface area contributed by atoms with Crippen LogP contribution in [0.4, 0.5) is 9.18 Å². The van der Waals surface area contributed by atoms with Crippen LogP contribution in [0.25, 0.3) is 0 Å². The maximum Gasteiger partial charge on any atom is 0.407 e. The van der Waals surface area contributed by atoms with Crippen LogP contribution < -0.4 is 5.32 Å². The van der Waals surface area contributed by atoms with E-state index in [1.54, 1.807) is 6.20 Å². The number of hydrogen-bond donors (Lipinski definition) is 1. The second kappa shape index (κ2) is 7.31. The maximum atomic E-state index is 13.7. The Morgan fingerprint density at radius 2 is 2.32 bits per heavy atom. The fourth-order valence-corrected chi connectivity index (χ4v) is 5.10. The number of halogens is 2. The van der Waals surface area contributed by atoms with Crippen LogP contribution in [0.1, 0.15) is 23.0 Å². The Balaban J connectivity index is 1.71. The number of hydrogen-bond acceptors (Lipinski definition) is 8. The van der Waals surface area contributed by atoms with Gasteiger partial charge in [0.2, 0.25) is 0 Å². The van der Waals surface area contributed by atoms with Crippen molar-refractivity contribution in [1.82, 2.24) is 15.2 Å². The molecule has 1 aromatic carbocycles. The van der Waals surface area contributed by atoms with E-state index in [4.69, 9.17) is 26.1 Å². The monoisotopic (exact) mass is 462 g/mol. The van der Waals surface area contributed by atoms with Crippen LogP contribution in [0, 0.1) is 5.82 Å². The second-order valence-corrected chi connectivity index (χ2v) is 8.76. The first kappa shape index (κ1) is 20.0. The van der Waals surface area contributed by atoms with Gasteiger partial charge in [0.05, 0.1) is 19.2 Å². The Kier molecular flexibility index (Phi) is 4.71. The lowest BCUT2D eigenvalue weighted by atomic mass is 9.92. The van der Waals surface area contributed by atoms with Gasteiger partial charge >= 0.3 is 12.1 Å². The van der Waals surface area contributed by atoms with E-state index in [9.17, 15) is 14.0 Å².